The topological polar surface area (TPSA) is 17.1 Å². The number of aldehydes is 1. The molecule has 0 saturated heterocycles. The van der Waals surface area contributed by atoms with Crippen LogP contribution in [-0.2, 0) is 4.79 Å². The van der Waals surface area contributed by atoms with Gasteiger partial charge in [0.25, 0.3) is 0 Å². The molecule has 1 fully saturated rings. The molecule has 90 valence electrons. The van der Waals surface area contributed by atoms with Crippen molar-refractivity contribution in [1.29, 1.82) is 0 Å². The normalized spacial score (nSPS) is 29.2. The number of hydrogen-bond donors (Lipinski definition) is 0. The minimum absolute atomic E-state index is 0.0300. The summed E-state index contributed by atoms with van der Waals surface area (Å²) in [4.78, 5) is 11.0. The second kappa shape index (κ2) is 3.90. The highest BCUT2D eigenvalue weighted by Gasteiger charge is 2.46. The predicted molar refractivity (Wildman–Crippen MR) is 53.8 cm³/mol. The van der Waals surface area contributed by atoms with E-state index in [2.05, 4.69) is 0 Å². The summed E-state index contributed by atoms with van der Waals surface area (Å²) in [5.41, 5.74) is 0.200. The van der Waals surface area contributed by atoms with Gasteiger partial charge in [-0.15, -0.1) is 0 Å². The van der Waals surface area contributed by atoms with Crippen molar-refractivity contribution in [2.75, 3.05) is 0 Å². The van der Waals surface area contributed by atoms with Gasteiger partial charge < -0.3 is 4.79 Å². The van der Waals surface area contributed by atoms with E-state index in [1.165, 1.54) is 0 Å². The van der Waals surface area contributed by atoms with Crippen LogP contribution in [-0.4, -0.2) is 12.5 Å². The van der Waals surface area contributed by atoms with E-state index in [9.17, 15) is 18.0 Å². The van der Waals surface area contributed by atoms with Gasteiger partial charge in [0.2, 0.25) is 0 Å². The summed E-state index contributed by atoms with van der Waals surface area (Å²) in [6, 6.07) is 0. The Hall–Kier alpha value is -0.800. The lowest BCUT2D eigenvalue weighted by Gasteiger charge is -2.42. The molecule has 0 heterocycles. The summed E-state index contributed by atoms with van der Waals surface area (Å²) >= 11 is 0. The SMILES string of the molecule is O=CC1(C2=CCC[C@@H](C(F)(F)F)C2)CCC1. The molecule has 0 N–H and O–H groups in total. The Labute approximate surface area is 92.7 Å². The van der Waals surface area contributed by atoms with Crippen LogP contribution in [0.25, 0.3) is 0 Å². The number of carbonyl (C=O) groups excluding carboxylic acids is 1. The molecule has 0 aromatic carbocycles. The first kappa shape index (κ1) is 11.7. The van der Waals surface area contributed by atoms with Crippen LogP contribution in [0, 0.1) is 11.3 Å². The van der Waals surface area contributed by atoms with Crippen LogP contribution in [0.4, 0.5) is 13.2 Å². The molecule has 0 unspecified atom stereocenters. The quantitative estimate of drug-likeness (QED) is 0.524. The molecule has 0 amide bonds. The van der Waals surface area contributed by atoms with Gasteiger partial charge in [0.05, 0.1) is 5.92 Å². The van der Waals surface area contributed by atoms with Crippen LogP contribution in [0.2, 0.25) is 0 Å². The lowest BCUT2D eigenvalue weighted by molar-refractivity contribution is -0.178. The average molecular weight is 232 g/mol. The molecule has 2 aliphatic rings. The molecule has 0 bridgehead atoms. The molecule has 0 aliphatic heterocycles. The molecule has 0 aromatic rings. The highest BCUT2D eigenvalue weighted by Crippen LogP contribution is 2.51. The Morgan fingerprint density at radius 1 is 1.38 bits per heavy atom. The lowest BCUT2D eigenvalue weighted by atomic mass is 9.62. The molecule has 1 nitrogen and oxygen atoms in total. The van der Waals surface area contributed by atoms with Crippen molar-refractivity contribution in [3.8, 4) is 0 Å². The van der Waals surface area contributed by atoms with Gasteiger partial charge in [0.1, 0.15) is 6.29 Å². The zero-order valence-electron chi connectivity index (χ0n) is 9.02. The van der Waals surface area contributed by atoms with Gasteiger partial charge in [0, 0.05) is 5.41 Å². The number of alkyl halides is 3. The van der Waals surface area contributed by atoms with E-state index >= 15 is 0 Å². The van der Waals surface area contributed by atoms with Crippen LogP contribution in [0.15, 0.2) is 11.6 Å². The number of halogens is 3. The maximum atomic E-state index is 12.6. The van der Waals surface area contributed by atoms with E-state index in [4.69, 9.17) is 0 Å². The Morgan fingerprint density at radius 3 is 2.50 bits per heavy atom. The van der Waals surface area contributed by atoms with Crippen LogP contribution in [0.1, 0.15) is 38.5 Å². The van der Waals surface area contributed by atoms with Crippen molar-refractivity contribution in [2.45, 2.75) is 44.7 Å². The summed E-state index contributed by atoms with van der Waals surface area (Å²) in [7, 11) is 0. The van der Waals surface area contributed by atoms with Gasteiger partial charge in [-0.05, 0) is 32.1 Å². The molecule has 2 aliphatic carbocycles. The van der Waals surface area contributed by atoms with Crippen molar-refractivity contribution < 1.29 is 18.0 Å². The monoisotopic (exact) mass is 232 g/mol. The molecular weight excluding hydrogens is 217 g/mol. The first-order chi connectivity index (χ1) is 7.48. The molecular formula is C12H15F3O. The van der Waals surface area contributed by atoms with Gasteiger partial charge >= 0.3 is 6.18 Å². The van der Waals surface area contributed by atoms with E-state index in [1.807, 2.05) is 6.08 Å². The number of carbonyl (C=O) groups is 1. The van der Waals surface area contributed by atoms with E-state index < -0.39 is 17.5 Å². The van der Waals surface area contributed by atoms with Crippen molar-refractivity contribution >= 4 is 6.29 Å². The molecule has 0 aromatic heterocycles. The average Bonchev–Trinajstić information content (AvgIpc) is 2.16. The standard InChI is InChI=1S/C12H15F3O/c13-12(14,15)10-4-1-3-9(7-10)11(8-16)5-2-6-11/h3,8,10H,1-2,4-7H2/t10-/m1/s1. The highest BCUT2D eigenvalue weighted by molar-refractivity contribution is 5.66. The van der Waals surface area contributed by atoms with Crippen LogP contribution < -0.4 is 0 Å². The van der Waals surface area contributed by atoms with Crippen LogP contribution in [0.5, 0.6) is 0 Å². The minimum Gasteiger partial charge on any atom is -0.302 e. The summed E-state index contributed by atoms with van der Waals surface area (Å²) in [5, 5.41) is 0. The zero-order valence-corrected chi connectivity index (χ0v) is 9.02. The fourth-order valence-electron chi connectivity index (χ4n) is 2.67. The van der Waals surface area contributed by atoms with Gasteiger partial charge in [-0.2, -0.15) is 13.2 Å². The smallest absolute Gasteiger partial charge is 0.302 e. The van der Waals surface area contributed by atoms with Crippen LogP contribution in [0.3, 0.4) is 0 Å². The Balaban J connectivity index is 2.12. The van der Waals surface area contributed by atoms with Crippen molar-refractivity contribution in [2.24, 2.45) is 11.3 Å². The second-order valence-electron chi connectivity index (χ2n) is 4.88. The van der Waals surface area contributed by atoms with Crippen molar-refractivity contribution in [1.82, 2.24) is 0 Å². The maximum Gasteiger partial charge on any atom is 0.392 e. The van der Waals surface area contributed by atoms with Crippen LogP contribution >= 0.6 is 0 Å². The molecule has 16 heavy (non-hydrogen) atoms. The minimum atomic E-state index is -4.12. The van der Waals surface area contributed by atoms with Gasteiger partial charge in [-0.3, -0.25) is 0 Å². The molecule has 0 spiro atoms. The number of rotatable bonds is 2. The fraction of sp³-hybridized carbons (Fsp3) is 0.750. The Morgan fingerprint density at radius 2 is 2.06 bits per heavy atom. The second-order valence-corrected chi connectivity index (χ2v) is 4.88. The molecule has 1 atom stereocenters. The summed E-state index contributed by atoms with van der Waals surface area (Å²) in [5.74, 6) is -1.25. The molecule has 4 heteroatoms. The van der Waals surface area contributed by atoms with Crippen molar-refractivity contribution in [3.63, 3.8) is 0 Å². The third kappa shape index (κ3) is 1.89. The first-order valence-electron chi connectivity index (χ1n) is 5.70. The van der Waals surface area contributed by atoms with E-state index in [-0.39, 0.29) is 12.8 Å². The highest BCUT2D eigenvalue weighted by atomic mass is 19.4. The molecule has 1 saturated carbocycles. The Kier molecular flexibility index (Phi) is 2.84. The Bertz CT molecular complexity index is 313. The lowest BCUT2D eigenvalue weighted by Crippen LogP contribution is -2.37. The van der Waals surface area contributed by atoms with Gasteiger partial charge in [-0.25, -0.2) is 0 Å². The summed E-state index contributed by atoms with van der Waals surface area (Å²) in [6.07, 6.45) is 1.66. The maximum absolute atomic E-state index is 12.6. The van der Waals surface area contributed by atoms with E-state index in [0.717, 1.165) is 31.1 Å². The zero-order chi connectivity index (χ0) is 11.8. The molecule has 0 radical (unpaired) electrons. The van der Waals surface area contributed by atoms with Gasteiger partial charge in [-0.1, -0.05) is 18.1 Å². The van der Waals surface area contributed by atoms with Crippen molar-refractivity contribution in [3.05, 3.63) is 11.6 Å². The summed E-state index contributed by atoms with van der Waals surface area (Å²) in [6.45, 7) is 0. The first-order valence-corrected chi connectivity index (χ1v) is 5.70. The molecule has 2 rings (SSSR count). The van der Waals surface area contributed by atoms with E-state index in [0.29, 0.717) is 6.42 Å². The largest absolute Gasteiger partial charge is 0.392 e. The van der Waals surface area contributed by atoms with E-state index in [1.54, 1.807) is 0 Å². The third-order valence-electron chi connectivity index (χ3n) is 3.95. The predicted octanol–water partition coefficient (Wildman–Crippen LogP) is 3.64. The third-order valence-corrected chi connectivity index (χ3v) is 3.95. The number of allylic oxidation sites excluding steroid dienone is 2. The fourth-order valence-corrected chi connectivity index (χ4v) is 2.67. The summed E-state index contributed by atoms with van der Waals surface area (Å²) < 4.78 is 37.8. The van der Waals surface area contributed by atoms with Gasteiger partial charge in [0.15, 0.2) is 0 Å². The number of hydrogen-bond acceptors (Lipinski definition) is 1.